The van der Waals surface area contributed by atoms with E-state index in [9.17, 15) is 106 Å². The second-order valence-electron chi connectivity index (χ2n) is 7.40. The SMILES string of the molecule is O=C(/C=C/C(=O)OCC(F)(F)C(F)(F)C(F)(F)C(F)(F)C(F)(F)F)OCC(F)(F)C(F)(F)C(F)(F)C(F)(F)C(F)(F)F. The summed E-state index contributed by atoms with van der Waals surface area (Å²) in [5.41, 5.74) is 0. The van der Waals surface area contributed by atoms with Crippen molar-refractivity contribution in [2.24, 2.45) is 0 Å². The quantitative estimate of drug-likeness (QED) is 0.129. The number of alkyl halides is 22. The van der Waals surface area contributed by atoms with Crippen LogP contribution in [0.2, 0.25) is 0 Å². The highest BCUT2D eigenvalue weighted by molar-refractivity contribution is 5.91. The molecule has 0 saturated carbocycles. The van der Waals surface area contributed by atoms with Gasteiger partial charge in [-0.25, -0.2) is 9.59 Å². The van der Waals surface area contributed by atoms with Crippen molar-refractivity contribution in [1.29, 1.82) is 0 Å². The third-order valence-electron chi connectivity index (χ3n) is 4.36. The van der Waals surface area contributed by atoms with Crippen molar-refractivity contribution >= 4 is 11.9 Å². The highest BCUT2D eigenvalue weighted by Gasteiger charge is 2.88. The first kappa shape index (κ1) is 39.1. The fraction of sp³-hybridized carbons (Fsp3) is 0.750. The summed E-state index contributed by atoms with van der Waals surface area (Å²) < 4.78 is 287. The Kier molecular flexibility index (Phi) is 10.3. The molecule has 0 aliphatic heterocycles. The third kappa shape index (κ3) is 6.54. The van der Waals surface area contributed by atoms with E-state index in [0.717, 1.165) is 0 Å². The predicted molar refractivity (Wildman–Crippen MR) is 82.7 cm³/mol. The number of hydrogen-bond acceptors (Lipinski definition) is 4. The van der Waals surface area contributed by atoms with Gasteiger partial charge in [0.05, 0.1) is 0 Å². The average molecular weight is 680 g/mol. The molecule has 0 atom stereocenters. The van der Waals surface area contributed by atoms with Crippen molar-refractivity contribution < 1.29 is 116 Å². The van der Waals surface area contributed by atoms with E-state index in [4.69, 9.17) is 0 Å². The van der Waals surface area contributed by atoms with Gasteiger partial charge >= 0.3 is 71.7 Å². The van der Waals surface area contributed by atoms with Crippen LogP contribution in [0.5, 0.6) is 0 Å². The zero-order valence-electron chi connectivity index (χ0n) is 18.5. The lowest BCUT2D eigenvalue weighted by Gasteiger charge is -2.36. The molecule has 0 N–H and O–H groups in total. The lowest BCUT2D eigenvalue weighted by molar-refractivity contribution is -0.423. The topological polar surface area (TPSA) is 52.6 Å². The number of carbonyl (C=O) groups is 2. The molecule has 0 saturated heterocycles. The Morgan fingerprint density at radius 1 is 0.381 bits per heavy atom. The highest BCUT2D eigenvalue weighted by atomic mass is 19.4. The Bertz CT molecular complexity index is 940. The maximum absolute atomic E-state index is 13.3. The molecule has 0 bridgehead atoms. The van der Waals surface area contributed by atoms with Crippen LogP contribution in [0.3, 0.4) is 0 Å². The monoisotopic (exact) mass is 680 g/mol. The van der Waals surface area contributed by atoms with Crippen LogP contribution in [0, 0.1) is 0 Å². The summed E-state index contributed by atoms with van der Waals surface area (Å²) in [5.74, 6) is -65.7. The van der Waals surface area contributed by atoms with Gasteiger partial charge in [0, 0.05) is 12.2 Å². The van der Waals surface area contributed by atoms with Gasteiger partial charge in [-0.3, -0.25) is 0 Å². The van der Waals surface area contributed by atoms with Crippen molar-refractivity contribution in [1.82, 2.24) is 0 Å². The third-order valence-corrected chi connectivity index (χ3v) is 4.36. The molecule has 26 heteroatoms. The largest absolute Gasteiger partial charge is 0.460 e. The Morgan fingerprint density at radius 3 is 0.786 bits per heavy atom. The molecular weight excluding hydrogens is 674 g/mol. The first-order valence-corrected chi connectivity index (χ1v) is 9.17. The van der Waals surface area contributed by atoms with E-state index in [0.29, 0.717) is 0 Å². The van der Waals surface area contributed by atoms with E-state index in [-0.39, 0.29) is 0 Å². The summed E-state index contributed by atoms with van der Waals surface area (Å²) in [4.78, 5) is 22.1. The summed E-state index contributed by atoms with van der Waals surface area (Å²) in [6.45, 7) is -6.96. The van der Waals surface area contributed by atoms with Crippen molar-refractivity contribution in [3.8, 4) is 0 Å². The minimum Gasteiger partial charge on any atom is -0.456 e. The second-order valence-corrected chi connectivity index (χ2v) is 7.40. The Morgan fingerprint density at radius 2 is 0.595 bits per heavy atom. The molecule has 0 rings (SSSR count). The molecule has 0 heterocycles. The molecule has 0 aromatic carbocycles. The summed E-state index contributed by atoms with van der Waals surface area (Å²) in [7, 11) is 0. The minimum atomic E-state index is -7.91. The predicted octanol–water partition coefficient (Wildman–Crippen LogP) is 6.84. The van der Waals surface area contributed by atoms with Crippen LogP contribution >= 0.6 is 0 Å². The van der Waals surface area contributed by atoms with Crippen LogP contribution in [-0.4, -0.2) is 84.9 Å². The lowest BCUT2D eigenvalue weighted by Crippen LogP contribution is -2.67. The zero-order chi connectivity index (χ0) is 34.4. The van der Waals surface area contributed by atoms with Crippen LogP contribution in [-0.2, 0) is 19.1 Å². The molecule has 0 aromatic heterocycles. The van der Waals surface area contributed by atoms with Gasteiger partial charge in [-0.1, -0.05) is 0 Å². The van der Waals surface area contributed by atoms with Gasteiger partial charge in [-0.2, -0.15) is 96.6 Å². The van der Waals surface area contributed by atoms with Gasteiger partial charge in [-0.05, 0) is 0 Å². The fourth-order valence-electron chi connectivity index (χ4n) is 1.95. The first-order valence-electron chi connectivity index (χ1n) is 9.17. The maximum atomic E-state index is 13.3. The zero-order valence-corrected chi connectivity index (χ0v) is 18.5. The second kappa shape index (κ2) is 11.0. The van der Waals surface area contributed by atoms with Gasteiger partial charge in [0.1, 0.15) is 0 Å². The molecule has 4 nitrogen and oxygen atoms in total. The summed E-state index contributed by atoms with van der Waals surface area (Å²) in [6.07, 6.45) is -16.6. The van der Waals surface area contributed by atoms with E-state index in [1.807, 2.05) is 0 Å². The van der Waals surface area contributed by atoms with Crippen LogP contribution in [0.25, 0.3) is 0 Å². The standard InChI is InChI=1S/C16H6F22O4/c17-7(18,9(21,22)11(25,26)13(29,30)15(33,34)35)3-41-5(39)1-2-6(40)42-4-8(19,20)10(23,24)12(27,28)14(31,32)16(36,37)38/h1-2H,3-4H2/b2-1+. The molecule has 248 valence electrons. The van der Waals surface area contributed by atoms with Crippen molar-refractivity contribution in [3.63, 3.8) is 0 Å². The van der Waals surface area contributed by atoms with Gasteiger partial charge in [0.25, 0.3) is 0 Å². The van der Waals surface area contributed by atoms with Crippen molar-refractivity contribution in [3.05, 3.63) is 12.2 Å². The fourth-order valence-corrected chi connectivity index (χ4v) is 1.95. The molecular formula is C16H6F22O4. The smallest absolute Gasteiger partial charge is 0.456 e. The molecule has 42 heavy (non-hydrogen) atoms. The number of rotatable bonds is 12. The molecule has 0 aliphatic carbocycles. The Labute approximate surface area is 214 Å². The maximum Gasteiger partial charge on any atom is 0.460 e. The summed E-state index contributed by atoms with van der Waals surface area (Å²) >= 11 is 0. The average Bonchev–Trinajstić information content (AvgIpc) is 2.77. The Balaban J connectivity index is 5.55. The van der Waals surface area contributed by atoms with Gasteiger partial charge < -0.3 is 9.47 Å². The minimum absolute atomic E-state index is 0.748. The first-order chi connectivity index (χ1) is 18.0. The van der Waals surface area contributed by atoms with Crippen molar-refractivity contribution in [2.45, 2.75) is 59.7 Å². The molecule has 0 aliphatic rings. The van der Waals surface area contributed by atoms with Gasteiger partial charge in [0.15, 0.2) is 13.2 Å². The van der Waals surface area contributed by atoms with E-state index in [1.54, 1.807) is 0 Å². The van der Waals surface area contributed by atoms with Crippen LogP contribution in [0.15, 0.2) is 12.2 Å². The molecule has 0 radical (unpaired) electrons. The van der Waals surface area contributed by atoms with E-state index < -0.39 is 97.0 Å². The Hall–Kier alpha value is -2.86. The number of halogens is 22. The van der Waals surface area contributed by atoms with Gasteiger partial charge in [0.2, 0.25) is 0 Å². The van der Waals surface area contributed by atoms with E-state index in [2.05, 4.69) is 9.47 Å². The molecule has 0 fully saturated rings. The number of esters is 2. The molecule has 0 spiro atoms. The number of ether oxygens (including phenoxy) is 2. The number of hydrogen-bond donors (Lipinski definition) is 0. The molecule has 0 amide bonds. The lowest BCUT2D eigenvalue weighted by atomic mass is 9.98. The molecule has 0 unspecified atom stereocenters. The van der Waals surface area contributed by atoms with E-state index in [1.165, 1.54) is 0 Å². The van der Waals surface area contributed by atoms with Crippen LogP contribution < -0.4 is 0 Å². The summed E-state index contributed by atoms with van der Waals surface area (Å²) in [6, 6.07) is 0. The number of carbonyl (C=O) groups excluding carboxylic acids is 2. The normalized spacial score (nSPS) is 15.7. The highest BCUT2D eigenvalue weighted by Crippen LogP contribution is 2.58. The van der Waals surface area contributed by atoms with Crippen LogP contribution in [0.4, 0.5) is 96.6 Å². The van der Waals surface area contributed by atoms with Crippen molar-refractivity contribution in [2.75, 3.05) is 13.2 Å². The van der Waals surface area contributed by atoms with Crippen LogP contribution in [0.1, 0.15) is 0 Å². The van der Waals surface area contributed by atoms with E-state index >= 15 is 0 Å². The summed E-state index contributed by atoms with van der Waals surface area (Å²) in [5, 5.41) is 0. The van der Waals surface area contributed by atoms with Gasteiger partial charge in [-0.15, -0.1) is 0 Å². The molecule has 0 aromatic rings.